The molecule has 0 spiro atoms. The summed E-state index contributed by atoms with van der Waals surface area (Å²) in [5.41, 5.74) is 0. The summed E-state index contributed by atoms with van der Waals surface area (Å²) in [6.45, 7) is 8.74. The van der Waals surface area contributed by atoms with E-state index in [2.05, 4.69) is 10.2 Å². The molecule has 0 bridgehead atoms. The van der Waals surface area contributed by atoms with Crippen LogP contribution in [0, 0.1) is 5.92 Å². The zero-order valence-electron chi connectivity index (χ0n) is 9.70. The van der Waals surface area contributed by atoms with Crippen LogP contribution in [-0.4, -0.2) is 54.6 Å². The van der Waals surface area contributed by atoms with Gasteiger partial charge >= 0.3 is 6.03 Å². The SMILES string of the molecule is CCN(CC)C(=O)N1CC[C@H]2CNC[C@H]21. The third-order valence-electron chi connectivity index (χ3n) is 3.72. The van der Waals surface area contributed by atoms with Gasteiger partial charge in [0.05, 0.1) is 0 Å². The molecule has 1 N–H and O–H groups in total. The highest BCUT2D eigenvalue weighted by Crippen LogP contribution is 2.27. The van der Waals surface area contributed by atoms with Gasteiger partial charge in [-0.2, -0.15) is 0 Å². The van der Waals surface area contributed by atoms with Gasteiger partial charge < -0.3 is 15.1 Å². The minimum Gasteiger partial charge on any atom is -0.325 e. The molecular formula is C11H21N3O. The Morgan fingerprint density at radius 1 is 1.40 bits per heavy atom. The summed E-state index contributed by atoms with van der Waals surface area (Å²) in [6.07, 6.45) is 1.17. The molecule has 2 fully saturated rings. The van der Waals surface area contributed by atoms with E-state index >= 15 is 0 Å². The average molecular weight is 211 g/mol. The van der Waals surface area contributed by atoms with E-state index in [1.54, 1.807) is 0 Å². The molecule has 0 aromatic heterocycles. The van der Waals surface area contributed by atoms with Crippen LogP contribution in [0.15, 0.2) is 0 Å². The van der Waals surface area contributed by atoms with Crippen LogP contribution < -0.4 is 5.32 Å². The Bertz CT molecular complexity index is 240. The fourth-order valence-electron chi connectivity index (χ4n) is 2.76. The predicted octanol–water partition coefficient (Wildman–Crippen LogP) is 0.742. The van der Waals surface area contributed by atoms with E-state index in [1.165, 1.54) is 6.42 Å². The molecule has 2 heterocycles. The Labute approximate surface area is 91.6 Å². The number of hydrogen-bond donors (Lipinski definition) is 1. The van der Waals surface area contributed by atoms with Crippen LogP contribution in [-0.2, 0) is 0 Å². The first-order valence-corrected chi connectivity index (χ1v) is 6.04. The number of amides is 2. The number of urea groups is 1. The maximum absolute atomic E-state index is 12.2. The Morgan fingerprint density at radius 2 is 2.13 bits per heavy atom. The number of nitrogens with one attached hydrogen (secondary N) is 1. The normalized spacial score (nSPS) is 29.3. The molecule has 2 saturated heterocycles. The number of carbonyl (C=O) groups excluding carboxylic acids is 1. The standard InChI is InChI=1S/C11H21N3O/c1-3-13(4-2)11(15)14-6-5-9-7-12-8-10(9)14/h9-10,12H,3-8H2,1-2H3/t9-,10+/m0/s1. The van der Waals surface area contributed by atoms with Gasteiger partial charge in [0.25, 0.3) is 0 Å². The Morgan fingerprint density at radius 3 is 2.80 bits per heavy atom. The maximum atomic E-state index is 12.2. The molecule has 0 radical (unpaired) electrons. The Balaban J connectivity index is 2.01. The molecule has 86 valence electrons. The van der Waals surface area contributed by atoms with E-state index < -0.39 is 0 Å². The Hall–Kier alpha value is -0.770. The van der Waals surface area contributed by atoms with Gasteiger partial charge in [0.15, 0.2) is 0 Å². The van der Waals surface area contributed by atoms with Crippen molar-refractivity contribution in [2.75, 3.05) is 32.7 Å². The molecule has 4 heteroatoms. The highest BCUT2D eigenvalue weighted by atomic mass is 16.2. The molecule has 0 aromatic carbocycles. The van der Waals surface area contributed by atoms with E-state index in [9.17, 15) is 4.79 Å². The number of rotatable bonds is 2. The van der Waals surface area contributed by atoms with Gasteiger partial charge in [0.2, 0.25) is 0 Å². The van der Waals surface area contributed by atoms with Crippen molar-refractivity contribution >= 4 is 6.03 Å². The summed E-state index contributed by atoms with van der Waals surface area (Å²) < 4.78 is 0. The fraction of sp³-hybridized carbons (Fsp3) is 0.909. The third kappa shape index (κ3) is 1.83. The van der Waals surface area contributed by atoms with E-state index in [0.29, 0.717) is 12.0 Å². The van der Waals surface area contributed by atoms with E-state index in [1.807, 2.05) is 18.7 Å². The first-order chi connectivity index (χ1) is 7.27. The van der Waals surface area contributed by atoms with Crippen molar-refractivity contribution in [1.29, 1.82) is 0 Å². The van der Waals surface area contributed by atoms with Crippen LogP contribution in [0.1, 0.15) is 20.3 Å². The Kier molecular flexibility index (Phi) is 3.14. The van der Waals surface area contributed by atoms with E-state index in [0.717, 1.165) is 32.7 Å². The lowest BCUT2D eigenvalue weighted by molar-refractivity contribution is 0.152. The van der Waals surface area contributed by atoms with Crippen molar-refractivity contribution in [2.45, 2.75) is 26.3 Å². The maximum Gasteiger partial charge on any atom is 0.320 e. The zero-order valence-corrected chi connectivity index (χ0v) is 9.70. The molecular weight excluding hydrogens is 190 g/mol. The van der Waals surface area contributed by atoms with Crippen LogP contribution >= 0.6 is 0 Å². The lowest BCUT2D eigenvalue weighted by Gasteiger charge is -2.29. The lowest BCUT2D eigenvalue weighted by atomic mass is 10.1. The summed E-state index contributed by atoms with van der Waals surface area (Å²) in [5.74, 6) is 0.699. The van der Waals surface area contributed by atoms with Crippen molar-refractivity contribution in [3.05, 3.63) is 0 Å². The number of fused-ring (bicyclic) bond motifs is 1. The molecule has 0 aliphatic carbocycles. The van der Waals surface area contributed by atoms with Gasteiger partial charge in [-0.25, -0.2) is 4.79 Å². The molecule has 2 aliphatic heterocycles. The first-order valence-electron chi connectivity index (χ1n) is 6.04. The van der Waals surface area contributed by atoms with Gasteiger partial charge in [-0.1, -0.05) is 0 Å². The number of carbonyl (C=O) groups is 1. The second-order valence-corrected chi connectivity index (χ2v) is 4.42. The molecule has 0 saturated carbocycles. The first kappa shape index (κ1) is 10.7. The number of nitrogens with zero attached hydrogens (tertiary/aromatic N) is 2. The summed E-state index contributed by atoms with van der Waals surface area (Å²) in [5, 5.41) is 3.37. The van der Waals surface area contributed by atoms with Gasteiger partial charge in [0.1, 0.15) is 0 Å². The smallest absolute Gasteiger partial charge is 0.320 e. The molecule has 4 nitrogen and oxygen atoms in total. The van der Waals surface area contributed by atoms with Crippen LogP contribution in [0.5, 0.6) is 0 Å². The second kappa shape index (κ2) is 4.39. The highest BCUT2D eigenvalue weighted by molar-refractivity contribution is 5.75. The predicted molar refractivity (Wildman–Crippen MR) is 59.8 cm³/mol. The molecule has 2 atom stereocenters. The van der Waals surface area contributed by atoms with Gasteiger partial charge in [-0.15, -0.1) is 0 Å². The van der Waals surface area contributed by atoms with Crippen LogP contribution in [0.4, 0.5) is 4.79 Å². The lowest BCUT2D eigenvalue weighted by Crippen LogP contribution is -2.47. The average Bonchev–Trinajstić information content (AvgIpc) is 2.79. The van der Waals surface area contributed by atoms with Gasteiger partial charge in [-0.3, -0.25) is 0 Å². The van der Waals surface area contributed by atoms with Crippen molar-refractivity contribution in [3.63, 3.8) is 0 Å². The minimum absolute atomic E-state index is 0.233. The van der Waals surface area contributed by atoms with E-state index in [-0.39, 0.29) is 6.03 Å². The van der Waals surface area contributed by atoms with Crippen molar-refractivity contribution < 1.29 is 4.79 Å². The molecule has 2 amide bonds. The summed E-state index contributed by atoms with van der Waals surface area (Å²) >= 11 is 0. The fourth-order valence-corrected chi connectivity index (χ4v) is 2.76. The van der Waals surface area contributed by atoms with Crippen LogP contribution in [0.3, 0.4) is 0 Å². The summed E-state index contributed by atoms with van der Waals surface area (Å²) in [4.78, 5) is 16.2. The number of likely N-dealkylation sites (tertiary alicyclic amines) is 1. The van der Waals surface area contributed by atoms with Gasteiger partial charge in [-0.05, 0) is 26.2 Å². The second-order valence-electron chi connectivity index (χ2n) is 4.42. The van der Waals surface area contributed by atoms with Gasteiger partial charge in [0, 0.05) is 38.8 Å². The highest BCUT2D eigenvalue weighted by Gasteiger charge is 2.40. The van der Waals surface area contributed by atoms with Crippen LogP contribution in [0.25, 0.3) is 0 Å². The van der Waals surface area contributed by atoms with Crippen molar-refractivity contribution in [2.24, 2.45) is 5.92 Å². The van der Waals surface area contributed by atoms with Crippen LogP contribution in [0.2, 0.25) is 0 Å². The molecule has 0 aromatic rings. The molecule has 15 heavy (non-hydrogen) atoms. The monoisotopic (exact) mass is 211 g/mol. The molecule has 2 aliphatic rings. The summed E-state index contributed by atoms with van der Waals surface area (Å²) in [7, 11) is 0. The third-order valence-corrected chi connectivity index (χ3v) is 3.72. The van der Waals surface area contributed by atoms with Crippen molar-refractivity contribution in [3.8, 4) is 0 Å². The topological polar surface area (TPSA) is 35.6 Å². The zero-order chi connectivity index (χ0) is 10.8. The minimum atomic E-state index is 0.233. The van der Waals surface area contributed by atoms with E-state index in [4.69, 9.17) is 0 Å². The number of hydrogen-bond acceptors (Lipinski definition) is 2. The molecule has 2 rings (SSSR count). The quantitative estimate of drug-likeness (QED) is 0.731. The van der Waals surface area contributed by atoms with Crippen molar-refractivity contribution in [1.82, 2.24) is 15.1 Å². The largest absolute Gasteiger partial charge is 0.325 e. The summed E-state index contributed by atoms with van der Waals surface area (Å²) in [6, 6.07) is 0.689. The molecule has 0 unspecified atom stereocenters.